The van der Waals surface area contributed by atoms with Crippen molar-refractivity contribution in [1.82, 2.24) is 10.9 Å². The number of carbonyl (C=O) groups is 3. The molecule has 0 fully saturated rings. The van der Waals surface area contributed by atoms with Crippen molar-refractivity contribution in [2.45, 2.75) is 104 Å². The predicted octanol–water partition coefficient (Wildman–Crippen LogP) is 4.73. The molecule has 162 valence electrons. The zero-order valence-corrected chi connectivity index (χ0v) is 17.9. The zero-order chi connectivity index (χ0) is 21.0. The van der Waals surface area contributed by atoms with Crippen LogP contribution in [0.5, 0.6) is 0 Å². The Balaban J connectivity index is 3.36. The fourth-order valence-corrected chi connectivity index (χ4v) is 2.80. The van der Waals surface area contributed by atoms with E-state index in [1.54, 1.807) is 0 Å². The molecule has 0 rings (SSSR count). The number of nitrogens with one attached hydrogen (secondary N) is 2. The van der Waals surface area contributed by atoms with Gasteiger partial charge in [-0.25, -0.2) is 4.79 Å². The highest BCUT2D eigenvalue weighted by Gasteiger charge is 2.15. The average molecular weight is 397 g/mol. The summed E-state index contributed by atoms with van der Waals surface area (Å²) in [5.41, 5.74) is 4.30. The Labute approximate surface area is 170 Å². The van der Waals surface area contributed by atoms with Crippen molar-refractivity contribution in [2.75, 3.05) is 6.61 Å². The van der Waals surface area contributed by atoms with Gasteiger partial charge in [-0.1, -0.05) is 97.0 Å². The molecule has 28 heavy (non-hydrogen) atoms. The first-order valence-electron chi connectivity index (χ1n) is 10.9. The van der Waals surface area contributed by atoms with E-state index in [0.717, 1.165) is 19.3 Å². The standard InChI is InChI=1S/C22H40N2O4/c1-4-5-6-7-8-9-10-11-12-13-14-15-16-17-18-28-22(27)21(26)24-23-20(25)19(2)3/h2,4-18H2,1,3H3,(H,23,25)(H,24,26). The minimum absolute atomic E-state index is 0.221. The maximum absolute atomic E-state index is 11.5. The third kappa shape index (κ3) is 16.3. The maximum atomic E-state index is 11.5. The Morgan fingerprint density at radius 3 is 1.50 bits per heavy atom. The second-order valence-corrected chi connectivity index (χ2v) is 7.42. The Morgan fingerprint density at radius 1 is 0.679 bits per heavy atom. The minimum Gasteiger partial charge on any atom is -0.459 e. The van der Waals surface area contributed by atoms with Gasteiger partial charge >= 0.3 is 11.9 Å². The first-order chi connectivity index (χ1) is 13.5. The molecule has 0 saturated heterocycles. The number of unbranched alkanes of at least 4 members (excludes halogenated alkanes) is 13. The monoisotopic (exact) mass is 396 g/mol. The lowest BCUT2D eigenvalue weighted by atomic mass is 10.0. The van der Waals surface area contributed by atoms with Crippen LogP contribution in [-0.4, -0.2) is 24.4 Å². The second kappa shape index (κ2) is 18.5. The van der Waals surface area contributed by atoms with Gasteiger partial charge < -0.3 is 4.74 Å². The highest BCUT2D eigenvalue weighted by Crippen LogP contribution is 2.12. The molecule has 0 spiro atoms. The number of amides is 2. The summed E-state index contributed by atoms with van der Waals surface area (Å²) in [6, 6.07) is 0. The average Bonchev–Trinajstić information content (AvgIpc) is 2.68. The van der Waals surface area contributed by atoms with Gasteiger partial charge in [0.1, 0.15) is 0 Å². The Bertz CT molecular complexity index is 463. The number of hydrogen-bond donors (Lipinski definition) is 2. The van der Waals surface area contributed by atoms with Gasteiger partial charge in [0.25, 0.3) is 5.91 Å². The molecule has 0 aromatic rings. The van der Waals surface area contributed by atoms with Crippen LogP contribution in [-0.2, 0) is 19.1 Å². The molecule has 0 radical (unpaired) electrons. The van der Waals surface area contributed by atoms with Crippen LogP contribution < -0.4 is 10.9 Å². The molecule has 0 saturated carbocycles. The summed E-state index contributed by atoms with van der Waals surface area (Å²) in [4.78, 5) is 34.1. The van der Waals surface area contributed by atoms with E-state index in [2.05, 4.69) is 18.9 Å². The fraction of sp³-hybridized carbons (Fsp3) is 0.773. The SMILES string of the molecule is C=C(C)C(=O)NNC(=O)C(=O)OCCCCCCCCCCCCCCCC. The zero-order valence-electron chi connectivity index (χ0n) is 17.9. The summed E-state index contributed by atoms with van der Waals surface area (Å²) in [6.07, 6.45) is 17.6. The lowest BCUT2D eigenvalue weighted by Gasteiger charge is -2.07. The van der Waals surface area contributed by atoms with Gasteiger partial charge in [0, 0.05) is 5.57 Å². The lowest BCUT2D eigenvalue weighted by molar-refractivity contribution is -0.155. The van der Waals surface area contributed by atoms with Crippen LogP contribution in [0.2, 0.25) is 0 Å². The van der Waals surface area contributed by atoms with Crippen LogP contribution in [0.1, 0.15) is 104 Å². The summed E-state index contributed by atoms with van der Waals surface area (Å²) in [7, 11) is 0. The molecule has 0 atom stereocenters. The molecule has 2 N–H and O–H groups in total. The van der Waals surface area contributed by atoms with Crippen LogP contribution in [0.25, 0.3) is 0 Å². The van der Waals surface area contributed by atoms with E-state index in [4.69, 9.17) is 4.74 Å². The lowest BCUT2D eigenvalue weighted by Crippen LogP contribution is -2.45. The molecule has 6 nitrogen and oxygen atoms in total. The van der Waals surface area contributed by atoms with E-state index in [0.29, 0.717) is 0 Å². The summed E-state index contributed by atoms with van der Waals surface area (Å²) in [5, 5.41) is 0. The molecular weight excluding hydrogens is 356 g/mol. The maximum Gasteiger partial charge on any atom is 0.398 e. The van der Waals surface area contributed by atoms with E-state index in [-0.39, 0.29) is 12.2 Å². The topological polar surface area (TPSA) is 84.5 Å². The molecular formula is C22H40N2O4. The van der Waals surface area contributed by atoms with Gasteiger partial charge in [-0.05, 0) is 13.3 Å². The van der Waals surface area contributed by atoms with E-state index >= 15 is 0 Å². The third-order valence-corrected chi connectivity index (χ3v) is 4.59. The summed E-state index contributed by atoms with van der Waals surface area (Å²) < 4.78 is 4.88. The van der Waals surface area contributed by atoms with Gasteiger partial charge in [0.05, 0.1) is 6.61 Å². The fourth-order valence-electron chi connectivity index (χ4n) is 2.80. The van der Waals surface area contributed by atoms with Gasteiger partial charge in [0.15, 0.2) is 0 Å². The van der Waals surface area contributed by atoms with Crippen LogP contribution >= 0.6 is 0 Å². The molecule has 6 heteroatoms. The van der Waals surface area contributed by atoms with Crippen molar-refractivity contribution in [3.8, 4) is 0 Å². The number of carbonyl (C=O) groups excluding carboxylic acids is 3. The molecule has 0 aromatic carbocycles. The quantitative estimate of drug-likeness (QED) is 0.130. The minimum atomic E-state index is -0.989. The molecule has 0 aliphatic heterocycles. The Hall–Kier alpha value is -1.85. The van der Waals surface area contributed by atoms with Crippen LogP contribution in [0, 0.1) is 0 Å². The molecule has 0 heterocycles. The van der Waals surface area contributed by atoms with Crippen molar-refractivity contribution in [1.29, 1.82) is 0 Å². The number of esters is 1. The van der Waals surface area contributed by atoms with Crippen molar-refractivity contribution in [3.05, 3.63) is 12.2 Å². The summed E-state index contributed by atoms with van der Waals surface area (Å²) in [6.45, 7) is 7.39. The number of hydrazine groups is 1. The van der Waals surface area contributed by atoms with Gasteiger partial charge in [-0.2, -0.15) is 0 Å². The van der Waals surface area contributed by atoms with Crippen LogP contribution in [0.3, 0.4) is 0 Å². The largest absolute Gasteiger partial charge is 0.459 e. The van der Waals surface area contributed by atoms with Crippen LogP contribution in [0.15, 0.2) is 12.2 Å². The van der Waals surface area contributed by atoms with E-state index < -0.39 is 17.8 Å². The van der Waals surface area contributed by atoms with Gasteiger partial charge in [0.2, 0.25) is 0 Å². The highest BCUT2D eigenvalue weighted by molar-refractivity contribution is 6.32. The van der Waals surface area contributed by atoms with Gasteiger partial charge in [-0.3, -0.25) is 20.4 Å². The molecule has 0 aromatic heterocycles. The van der Waals surface area contributed by atoms with E-state index in [1.165, 1.54) is 77.6 Å². The molecule has 0 unspecified atom stereocenters. The Morgan fingerprint density at radius 2 is 1.07 bits per heavy atom. The molecule has 2 amide bonds. The van der Waals surface area contributed by atoms with Crippen molar-refractivity contribution < 1.29 is 19.1 Å². The number of hydrogen-bond acceptors (Lipinski definition) is 4. The van der Waals surface area contributed by atoms with Crippen molar-refractivity contribution in [3.63, 3.8) is 0 Å². The second-order valence-electron chi connectivity index (χ2n) is 7.42. The highest BCUT2D eigenvalue weighted by atomic mass is 16.5. The number of ether oxygens (including phenoxy) is 1. The van der Waals surface area contributed by atoms with Crippen molar-refractivity contribution >= 4 is 17.8 Å². The van der Waals surface area contributed by atoms with E-state index in [9.17, 15) is 14.4 Å². The first-order valence-corrected chi connectivity index (χ1v) is 10.9. The molecule has 0 aliphatic rings. The first kappa shape index (κ1) is 26.1. The van der Waals surface area contributed by atoms with E-state index in [1.807, 2.05) is 5.43 Å². The number of rotatable bonds is 16. The summed E-state index contributed by atoms with van der Waals surface area (Å²) >= 11 is 0. The Kier molecular flexibility index (Phi) is 17.3. The third-order valence-electron chi connectivity index (χ3n) is 4.59. The molecule has 0 bridgehead atoms. The van der Waals surface area contributed by atoms with Gasteiger partial charge in [-0.15, -0.1) is 0 Å². The molecule has 0 aliphatic carbocycles. The predicted molar refractivity (Wildman–Crippen MR) is 112 cm³/mol. The summed E-state index contributed by atoms with van der Waals surface area (Å²) in [5.74, 6) is -2.52. The normalized spacial score (nSPS) is 10.4. The smallest absolute Gasteiger partial charge is 0.398 e. The van der Waals surface area contributed by atoms with Crippen molar-refractivity contribution in [2.24, 2.45) is 0 Å². The van der Waals surface area contributed by atoms with Crippen LogP contribution in [0.4, 0.5) is 0 Å².